The highest BCUT2D eigenvalue weighted by molar-refractivity contribution is 6.30. The molecule has 2 aromatic rings. The summed E-state index contributed by atoms with van der Waals surface area (Å²) in [6.07, 6.45) is 1.97. The van der Waals surface area contributed by atoms with Gasteiger partial charge in [-0.3, -0.25) is 4.79 Å². The molecule has 0 aromatic heterocycles. The summed E-state index contributed by atoms with van der Waals surface area (Å²) < 4.78 is 16.3. The first-order chi connectivity index (χ1) is 14.0. The molecule has 1 unspecified atom stereocenters. The zero-order valence-electron chi connectivity index (χ0n) is 17.0. The molecule has 0 amide bonds. The number of Topliss-reactive ketones (excluding diaryl/α,β-unsaturated/α-hetero) is 1. The van der Waals surface area contributed by atoms with Gasteiger partial charge in [-0.2, -0.15) is 0 Å². The number of nitrogens with zero attached hydrogens (tertiary/aromatic N) is 1. The van der Waals surface area contributed by atoms with Crippen LogP contribution in [-0.4, -0.2) is 51.2 Å². The predicted octanol–water partition coefficient (Wildman–Crippen LogP) is 4.29. The van der Waals surface area contributed by atoms with Crippen molar-refractivity contribution in [2.24, 2.45) is 0 Å². The van der Waals surface area contributed by atoms with Gasteiger partial charge in [-0.1, -0.05) is 29.8 Å². The lowest BCUT2D eigenvalue weighted by Gasteiger charge is -2.28. The third-order valence-electron chi connectivity index (χ3n) is 5.01. The molecule has 0 spiro atoms. The first kappa shape index (κ1) is 21.2. The molecule has 0 aliphatic carbocycles. The Balaban J connectivity index is 2.14. The number of carbonyl (C=O) groups is 1. The Morgan fingerprint density at radius 1 is 1.07 bits per heavy atom. The van der Waals surface area contributed by atoms with Crippen LogP contribution in [0.5, 0.6) is 11.5 Å². The Hall–Kier alpha value is -2.50. The Morgan fingerprint density at radius 2 is 1.76 bits per heavy atom. The van der Waals surface area contributed by atoms with Gasteiger partial charge in [0.05, 0.1) is 27.4 Å². The number of ether oxygens (including phenoxy) is 3. The van der Waals surface area contributed by atoms with Gasteiger partial charge >= 0.3 is 0 Å². The van der Waals surface area contributed by atoms with Crippen LogP contribution in [0.2, 0.25) is 5.02 Å². The van der Waals surface area contributed by atoms with Crippen LogP contribution >= 0.6 is 11.6 Å². The summed E-state index contributed by atoms with van der Waals surface area (Å²) in [5.74, 6) is 0.985. The highest BCUT2D eigenvalue weighted by atomic mass is 35.5. The van der Waals surface area contributed by atoms with Crippen LogP contribution in [0.4, 0.5) is 0 Å². The average molecular weight is 416 g/mol. The van der Waals surface area contributed by atoms with Crippen molar-refractivity contribution >= 4 is 17.4 Å². The molecular weight excluding hydrogens is 390 g/mol. The number of halogens is 1. The molecule has 1 aliphatic heterocycles. The lowest BCUT2D eigenvalue weighted by atomic mass is 9.83. The van der Waals surface area contributed by atoms with E-state index in [4.69, 9.17) is 25.8 Å². The summed E-state index contributed by atoms with van der Waals surface area (Å²) in [6.45, 7) is 4.42. The van der Waals surface area contributed by atoms with Crippen LogP contribution in [0.15, 0.2) is 54.2 Å². The molecular formula is C23H26ClNO4. The Morgan fingerprint density at radius 3 is 2.38 bits per heavy atom. The van der Waals surface area contributed by atoms with Gasteiger partial charge in [0.15, 0.2) is 17.3 Å². The molecule has 3 rings (SSSR count). The minimum atomic E-state index is -0.283. The molecule has 0 radical (unpaired) electrons. The quantitative estimate of drug-likeness (QED) is 0.631. The minimum Gasteiger partial charge on any atom is -0.493 e. The minimum absolute atomic E-state index is 0.0104. The van der Waals surface area contributed by atoms with Crippen LogP contribution in [-0.2, 0) is 9.53 Å². The van der Waals surface area contributed by atoms with Crippen LogP contribution in [0.1, 0.15) is 24.0 Å². The number of carbonyl (C=O) groups excluding carboxylic acids is 1. The van der Waals surface area contributed by atoms with Crippen LogP contribution in [0.3, 0.4) is 0 Å². The van der Waals surface area contributed by atoms with Crippen molar-refractivity contribution in [3.63, 3.8) is 0 Å². The van der Waals surface area contributed by atoms with Crippen molar-refractivity contribution in [1.29, 1.82) is 0 Å². The van der Waals surface area contributed by atoms with Gasteiger partial charge in [0.1, 0.15) is 0 Å². The fraction of sp³-hybridized carbons (Fsp3) is 0.348. The van der Waals surface area contributed by atoms with E-state index in [1.54, 1.807) is 21.1 Å². The summed E-state index contributed by atoms with van der Waals surface area (Å²) in [5.41, 5.74) is 2.57. The largest absolute Gasteiger partial charge is 0.493 e. The first-order valence-electron chi connectivity index (χ1n) is 9.55. The van der Waals surface area contributed by atoms with E-state index < -0.39 is 0 Å². The van der Waals surface area contributed by atoms with E-state index in [-0.39, 0.29) is 11.7 Å². The average Bonchev–Trinajstić information content (AvgIpc) is 2.74. The second kappa shape index (κ2) is 9.81. The van der Waals surface area contributed by atoms with Crippen molar-refractivity contribution in [3.05, 3.63) is 70.4 Å². The third-order valence-corrected chi connectivity index (χ3v) is 5.24. The SMILES string of the molecule is COc1ccc(C(C(=CN2CCOCC2)C(C)=O)c2cccc(Cl)c2)cc1OC. The van der Waals surface area contributed by atoms with E-state index in [9.17, 15) is 4.79 Å². The number of rotatable bonds is 7. The number of methoxy groups -OCH3 is 2. The first-order valence-corrected chi connectivity index (χ1v) is 9.93. The summed E-state index contributed by atoms with van der Waals surface area (Å²) in [4.78, 5) is 14.9. The Kier molecular flexibility index (Phi) is 7.18. The van der Waals surface area contributed by atoms with Gasteiger partial charge in [-0.25, -0.2) is 0 Å². The van der Waals surface area contributed by atoms with Gasteiger partial charge in [0, 0.05) is 35.8 Å². The molecule has 1 fully saturated rings. The van der Waals surface area contributed by atoms with E-state index in [0.717, 1.165) is 24.2 Å². The second-order valence-corrected chi connectivity index (χ2v) is 7.33. The fourth-order valence-electron chi connectivity index (χ4n) is 3.54. The normalized spacial score (nSPS) is 15.7. The predicted molar refractivity (Wildman–Crippen MR) is 114 cm³/mol. The summed E-state index contributed by atoms with van der Waals surface area (Å²) >= 11 is 6.28. The van der Waals surface area contributed by atoms with E-state index >= 15 is 0 Å². The van der Waals surface area contributed by atoms with E-state index in [1.807, 2.05) is 48.7 Å². The fourth-order valence-corrected chi connectivity index (χ4v) is 3.74. The number of allylic oxidation sites excluding steroid dienone is 1. The lowest BCUT2D eigenvalue weighted by Crippen LogP contribution is -2.33. The summed E-state index contributed by atoms with van der Waals surface area (Å²) in [5, 5.41) is 0.627. The topological polar surface area (TPSA) is 48.0 Å². The maximum absolute atomic E-state index is 12.8. The molecule has 5 nitrogen and oxygen atoms in total. The zero-order chi connectivity index (χ0) is 20.8. The third kappa shape index (κ3) is 5.11. The summed E-state index contributed by atoms with van der Waals surface area (Å²) in [6, 6.07) is 13.4. The van der Waals surface area contributed by atoms with E-state index in [2.05, 4.69) is 4.90 Å². The van der Waals surface area contributed by atoms with Crippen molar-refractivity contribution in [1.82, 2.24) is 4.90 Å². The molecule has 1 heterocycles. The van der Waals surface area contributed by atoms with Crippen molar-refractivity contribution < 1.29 is 19.0 Å². The standard InChI is InChI=1S/C23H26ClNO4/c1-16(26)20(15-25-9-11-29-12-10-25)23(17-5-4-6-19(24)13-17)18-7-8-21(27-2)22(14-18)28-3/h4-8,13-15,23H,9-12H2,1-3H3. The second-order valence-electron chi connectivity index (χ2n) is 6.89. The number of morpholine rings is 1. The maximum Gasteiger partial charge on any atom is 0.161 e. The molecule has 6 heteroatoms. The Labute approximate surface area is 176 Å². The zero-order valence-corrected chi connectivity index (χ0v) is 17.7. The van der Waals surface area contributed by atoms with Crippen LogP contribution in [0.25, 0.3) is 0 Å². The summed E-state index contributed by atoms with van der Waals surface area (Å²) in [7, 11) is 3.21. The molecule has 1 aliphatic rings. The smallest absolute Gasteiger partial charge is 0.161 e. The van der Waals surface area contributed by atoms with Crippen LogP contribution in [0, 0.1) is 0 Å². The van der Waals surface area contributed by atoms with Crippen LogP contribution < -0.4 is 9.47 Å². The molecule has 154 valence electrons. The molecule has 0 saturated carbocycles. The van der Waals surface area contributed by atoms with Gasteiger partial charge < -0.3 is 19.1 Å². The Bertz CT molecular complexity index is 890. The highest BCUT2D eigenvalue weighted by Crippen LogP contribution is 2.38. The molecule has 2 aromatic carbocycles. The number of benzene rings is 2. The molecule has 0 bridgehead atoms. The van der Waals surface area contributed by atoms with Gasteiger partial charge in [-0.05, 0) is 42.3 Å². The molecule has 29 heavy (non-hydrogen) atoms. The molecule has 1 saturated heterocycles. The highest BCUT2D eigenvalue weighted by Gasteiger charge is 2.25. The lowest BCUT2D eigenvalue weighted by molar-refractivity contribution is -0.113. The number of ketones is 1. The number of hydrogen-bond donors (Lipinski definition) is 0. The van der Waals surface area contributed by atoms with Crippen molar-refractivity contribution in [2.45, 2.75) is 12.8 Å². The number of hydrogen-bond acceptors (Lipinski definition) is 5. The monoisotopic (exact) mass is 415 g/mol. The van der Waals surface area contributed by atoms with Gasteiger partial charge in [0.25, 0.3) is 0 Å². The van der Waals surface area contributed by atoms with E-state index in [1.165, 1.54) is 0 Å². The van der Waals surface area contributed by atoms with Crippen molar-refractivity contribution in [3.8, 4) is 11.5 Å². The molecule has 0 N–H and O–H groups in total. The van der Waals surface area contributed by atoms with Crippen molar-refractivity contribution in [2.75, 3.05) is 40.5 Å². The van der Waals surface area contributed by atoms with Gasteiger partial charge in [0.2, 0.25) is 0 Å². The maximum atomic E-state index is 12.8. The molecule has 1 atom stereocenters. The van der Waals surface area contributed by atoms with E-state index in [0.29, 0.717) is 35.3 Å². The van der Waals surface area contributed by atoms with Gasteiger partial charge in [-0.15, -0.1) is 0 Å².